The van der Waals surface area contributed by atoms with Gasteiger partial charge in [0.25, 0.3) is 0 Å². The molecule has 1 aromatic carbocycles. The zero-order chi connectivity index (χ0) is 16.3. The van der Waals surface area contributed by atoms with Gasteiger partial charge < -0.3 is 9.52 Å². The molecule has 1 N–H and O–H groups in total. The molecule has 22 heavy (non-hydrogen) atoms. The zero-order valence-corrected chi connectivity index (χ0v) is 13.0. The highest BCUT2D eigenvalue weighted by atomic mass is 32.2. The van der Waals surface area contributed by atoms with Gasteiger partial charge in [0.2, 0.25) is 10.0 Å². The van der Waals surface area contributed by atoms with Crippen molar-refractivity contribution in [2.45, 2.75) is 18.2 Å². The van der Waals surface area contributed by atoms with Crippen molar-refractivity contribution in [3.63, 3.8) is 0 Å². The van der Waals surface area contributed by atoms with E-state index in [0.29, 0.717) is 11.6 Å². The van der Waals surface area contributed by atoms with Gasteiger partial charge in [0.1, 0.15) is 12.0 Å². The van der Waals surface area contributed by atoms with E-state index in [1.54, 1.807) is 19.1 Å². The Bertz CT molecular complexity index is 765. The molecule has 0 unspecified atom stereocenters. The number of carbonyl (C=O) groups is 1. The Morgan fingerprint density at radius 3 is 2.45 bits per heavy atom. The van der Waals surface area contributed by atoms with Gasteiger partial charge in [-0.25, -0.2) is 17.7 Å². The summed E-state index contributed by atoms with van der Waals surface area (Å²) in [6, 6.07) is 6.20. The Morgan fingerprint density at radius 1 is 1.32 bits per heavy atom. The van der Waals surface area contributed by atoms with Gasteiger partial charge in [-0.1, -0.05) is 12.1 Å². The molecule has 7 nitrogen and oxygen atoms in total. The molecular formula is C14H16N2O5S. The van der Waals surface area contributed by atoms with E-state index < -0.39 is 16.0 Å². The summed E-state index contributed by atoms with van der Waals surface area (Å²) >= 11 is 0. The molecule has 0 amide bonds. The fraction of sp³-hybridized carbons (Fsp3) is 0.286. The molecule has 0 spiro atoms. The molecule has 0 bridgehead atoms. The molecule has 0 fully saturated rings. The van der Waals surface area contributed by atoms with E-state index in [0.717, 1.165) is 9.87 Å². The minimum absolute atomic E-state index is 0.0814. The number of aliphatic carboxylic acids is 1. The van der Waals surface area contributed by atoms with Crippen LogP contribution in [0.2, 0.25) is 0 Å². The summed E-state index contributed by atoms with van der Waals surface area (Å²) in [6.45, 7) is 1.64. The van der Waals surface area contributed by atoms with Crippen molar-refractivity contribution in [2.75, 3.05) is 13.6 Å². The van der Waals surface area contributed by atoms with Gasteiger partial charge in [-0.2, -0.15) is 0 Å². The van der Waals surface area contributed by atoms with Crippen molar-refractivity contribution in [1.29, 1.82) is 0 Å². The number of sulfonamides is 1. The van der Waals surface area contributed by atoms with E-state index in [1.807, 2.05) is 0 Å². The Hall–Kier alpha value is -2.19. The summed E-state index contributed by atoms with van der Waals surface area (Å²) in [6.07, 6.45) is 1.25. The van der Waals surface area contributed by atoms with Crippen LogP contribution in [0.25, 0.3) is 11.3 Å². The molecular weight excluding hydrogens is 308 g/mol. The van der Waals surface area contributed by atoms with E-state index in [4.69, 9.17) is 9.52 Å². The molecule has 118 valence electrons. The van der Waals surface area contributed by atoms with Crippen LogP contribution < -0.4 is 0 Å². The Balaban J connectivity index is 2.20. The number of aromatic nitrogens is 1. The summed E-state index contributed by atoms with van der Waals surface area (Å²) in [5, 5.41) is 8.63. The summed E-state index contributed by atoms with van der Waals surface area (Å²) in [5.74, 6) is -0.515. The number of rotatable bonds is 6. The quantitative estimate of drug-likeness (QED) is 0.868. The largest absolute Gasteiger partial charge is 0.481 e. The topological polar surface area (TPSA) is 101 Å². The average molecular weight is 324 g/mol. The summed E-state index contributed by atoms with van der Waals surface area (Å²) in [4.78, 5) is 14.8. The Kier molecular flexibility index (Phi) is 4.62. The van der Waals surface area contributed by atoms with Gasteiger partial charge in [0, 0.05) is 26.1 Å². The lowest BCUT2D eigenvalue weighted by atomic mass is 10.2. The van der Waals surface area contributed by atoms with E-state index in [9.17, 15) is 13.2 Å². The summed E-state index contributed by atoms with van der Waals surface area (Å²) in [5.41, 5.74) is 1.37. The average Bonchev–Trinajstić information content (AvgIpc) is 2.91. The van der Waals surface area contributed by atoms with E-state index >= 15 is 0 Å². The van der Waals surface area contributed by atoms with Gasteiger partial charge >= 0.3 is 5.97 Å². The first-order valence-corrected chi connectivity index (χ1v) is 7.95. The monoisotopic (exact) mass is 324 g/mol. The molecule has 2 aromatic rings. The van der Waals surface area contributed by atoms with Gasteiger partial charge in [0.15, 0.2) is 5.89 Å². The maximum Gasteiger partial charge on any atom is 0.304 e. The molecule has 0 saturated carbocycles. The standard InChI is InChI=1S/C14H16N2O5S/c1-10-15-13(9-21-10)11-3-5-12(6-4-11)22(19,20)16(2)8-7-14(17)18/h3-6,9H,7-8H2,1-2H3,(H,17,18). The number of aryl methyl sites for hydroxylation is 1. The number of oxazole rings is 1. The smallest absolute Gasteiger partial charge is 0.304 e. The maximum atomic E-state index is 12.3. The first kappa shape index (κ1) is 16.2. The number of carboxylic acid groups (broad SMARTS) is 1. The van der Waals surface area contributed by atoms with E-state index in [1.165, 1.54) is 25.4 Å². The molecule has 8 heteroatoms. The number of carboxylic acids is 1. The van der Waals surface area contributed by atoms with Crippen LogP contribution in [0.15, 0.2) is 39.8 Å². The van der Waals surface area contributed by atoms with E-state index in [2.05, 4.69) is 4.98 Å². The molecule has 1 aromatic heterocycles. The highest BCUT2D eigenvalue weighted by Gasteiger charge is 2.21. The summed E-state index contributed by atoms with van der Waals surface area (Å²) in [7, 11) is -2.35. The first-order valence-electron chi connectivity index (χ1n) is 6.51. The van der Waals surface area contributed by atoms with Crippen molar-refractivity contribution < 1.29 is 22.7 Å². The van der Waals surface area contributed by atoms with Crippen molar-refractivity contribution in [1.82, 2.24) is 9.29 Å². The second kappa shape index (κ2) is 6.29. The Labute approximate surface area is 128 Å². The predicted molar refractivity (Wildman–Crippen MR) is 78.7 cm³/mol. The number of hydrogen-bond acceptors (Lipinski definition) is 5. The molecule has 0 atom stereocenters. The van der Waals surface area contributed by atoms with Gasteiger partial charge in [-0.15, -0.1) is 0 Å². The number of benzene rings is 1. The number of hydrogen-bond donors (Lipinski definition) is 1. The van der Waals surface area contributed by atoms with Gasteiger partial charge in [-0.3, -0.25) is 4.79 Å². The van der Waals surface area contributed by atoms with Crippen molar-refractivity contribution in [2.24, 2.45) is 0 Å². The van der Waals surface area contributed by atoms with Gasteiger partial charge in [0.05, 0.1) is 11.3 Å². The highest BCUT2D eigenvalue weighted by molar-refractivity contribution is 7.89. The SMILES string of the molecule is Cc1nc(-c2ccc(S(=O)(=O)N(C)CCC(=O)O)cc2)co1. The lowest BCUT2D eigenvalue weighted by Gasteiger charge is -2.16. The molecule has 1 heterocycles. The van der Waals surface area contributed by atoms with Crippen LogP contribution in [0.5, 0.6) is 0 Å². The van der Waals surface area contributed by atoms with Crippen LogP contribution in [0, 0.1) is 6.92 Å². The van der Waals surface area contributed by atoms with Crippen molar-refractivity contribution >= 4 is 16.0 Å². The zero-order valence-electron chi connectivity index (χ0n) is 12.2. The van der Waals surface area contributed by atoms with Crippen LogP contribution in [-0.4, -0.2) is 42.4 Å². The third-order valence-electron chi connectivity index (χ3n) is 3.12. The molecule has 0 aliphatic heterocycles. The second-order valence-corrected chi connectivity index (χ2v) is 6.79. The lowest BCUT2D eigenvalue weighted by molar-refractivity contribution is -0.137. The Morgan fingerprint density at radius 2 is 1.95 bits per heavy atom. The minimum Gasteiger partial charge on any atom is -0.481 e. The fourth-order valence-electron chi connectivity index (χ4n) is 1.85. The lowest BCUT2D eigenvalue weighted by Crippen LogP contribution is -2.29. The van der Waals surface area contributed by atoms with Crippen LogP contribution in [0.1, 0.15) is 12.3 Å². The van der Waals surface area contributed by atoms with Crippen molar-refractivity contribution in [3.8, 4) is 11.3 Å². The molecule has 0 radical (unpaired) electrons. The maximum absolute atomic E-state index is 12.3. The van der Waals surface area contributed by atoms with Crippen LogP contribution in [-0.2, 0) is 14.8 Å². The second-order valence-electron chi connectivity index (χ2n) is 4.75. The molecule has 0 saturated heterocycles. The summed E-state index contributed by atoms with van der Waals surface area (Å²) < 4.78 is 30.7. The third kappa shape index (κ3) is 3.52. The van der Waals surface area contributed by atoms with E-state index in [-0.39, 0.29) is 17.9 Å². The van der Waals surface area contributed by atoms with Crippen LogP contribution in [0.3, 0.4) is 0 Å². The number of nitrogens with zero attached hydrogens (tertiary/aromatic N) is 2. The third-order valence-corrected chi connectivity index (χ3v) is 4.99. The predicted octanol–water partition coefficient (Wildman–Crippen LogP) is 1.75. The first-order chi connectivity index (χ1) is 10.3. The van der Waals surface area contributed by atoms with Crippen LogP contribution in [0.4, 0.5) is 0 Å². The highest BCUT2D eigenvalue weighted by Crippen LogP contribution is 2.22. The minimum atomic E-state index is -3.70. The normalized spacial score (nSPS) is 11.8. The van der Waals surface area contributed by atoms with Crippen LogP contribution >= 0.6 is 0 Å². The van der Waals surface area contributed by atoms with Crippen molar-refractivity contribution in [3.05, 3.63) is 36.4 Å². The molecule has 0 aliphatic carbocycles. The molecule has 0 aliphatic rings. The fourth-order valence-corrected chi connectivity index (χ4v) is 3.02. The molecule has 2 rings (SSSR count). The van der Waals surface area contributed by atoms with Gasteiger partial charge in [-0.05, 0) is 12.1 Å².